The van der Waals surface area contributed by atoms with Crippen LogP contribution >= 0.6 is 11.3 Å². The first-order chi connectivity index (χ1) is 14.5. The number of fused-ring (bicyclic) bond motifs is 2. The molecule has 0 aromatic carbocycles. The van der Waals surface area contributed by atoms with Gasteiger partial charge in [0, 0.05) is 18.0 Å². The van der Waals surface area contributed by atoms with Crippen LogP contribution in [0.5, 0.6) is 0 Å². The Balaban J connectivity index is 1.50. The number of nitrogens with one attached hydrogen (secondary N) is 2. The summed E-state index contributed by atoms with van der Waals surface area (Å²) in [5, 5.41) is 0. The van der Waals surface area contributed by atoms with E-state index in [1.54, 1.807) is 11.3 Å². The molecule has 30 heavy (non-hydrogen) atoms. The van der Waals surface area contributed by atoms with Crippen LogP contribution < -0.4 is 21.5 Å². The van der Waals surface area contributed by atoms with Gasteiger partial charge in [-0.2, -0.15) is 4.98 Å². The van der Waals surface area contributed by atoms with Gasteiger partial charge in [-0.3, -0.25) is 4.79 Å². The second-order valence-electron chi connectivity index (χ2n) is 8.47. The number of hydrogen-bond donors (Lipinski definition) is 3. The van der Waals surface area contributed by atoms with Gasteiger partial charge in [0.2, 0.25) is 11.9 Å². The van der Waals surface area contributed by atoms with Crippen molar-refractivity contribution in [3.05, 3.63) is 10.9 Å². The Kier molecular flexibility index (Phi) is 4.83. The maximum absolute atomic E-state index is 12.1. The van der Waals surface area contributed by atoms with E-state index in [-0.39, 0.29) is 11.9 Å². The summed E-state index contributed by atoms with van der Waals surface area (Å²) in [6.45, 7) is 3.69. The molecular weight excluding hydrogens is 398 g/mol. The summed E-state index contributed by atoms with van der Waals surface area (Å²) < 4.78 is 0.912. The lowest BCUT2D eigenvalue weighted by Crippen LogP contribution is -2.44. The predicted molar refractivity (Wildman–Crippen MR) is 118 cm³/mol. The van der Waals surface area contributed by atoms with Gasteiger partial charge in [0.1, 0.15) is 11.9 Å². The number of amides is 1. The molecule has 0 radical (unpaired) electrons. The van der Waals surface area contributed by atoms with E-state index in [1.165, 1.54) is 12.8 Å². The maximum atomic E-state index is 12.1. The fourth-order valence-electron chi connectivity index (χ4n) is 4.22. The fourth-order valence-corrected chi connectivity index (χ4v) is 5.10. The minimum Gasteiger partial charge on any atom is -0.368 e. The third kappa shape index (κ3) is 3.73. The quantitative estimate of drug-likeness (QED) is 0.272. The average molecular weight is 424 g/mol. The third-order valence-electron chi connectivity index (χ3n) is 5.99. The zero-order chi connectivity index (χ0) is 20.8. The number of hydrogen-bond acceptors (Lipinski definition) is 7. The average Bonchev–Trinajstić information content (AvgIpc) is 3.60. The van der Waals surface area contributed by atoms with Crippen LogP contribution in [-0.2, 0) is 4.79 Å². The fraction of sp³-hybridized carbons (Fsp3) is 0.524. The van der Waals surface area contributed by atoms with Crippen LogP contribution in [0.25, 0.3) is 10.2 Å². The number of carbonyl (C=O) groups is 1. The first-order valence-corrected chi connectivity index (χ1v) is 11.2. The first kappa shape index (κ1) is 19.3. The number of rotatable bonds is 7. The van der Waals surface area contributed by atoms with Crippen molar-refractivity contribution < 1.29 is 4.79 Å². The lowest BCUT2D eigenvalue weighted by Gasteiger charge is -2.25. The number of thiophene rings is 1. The molecule has 0 bridgehead atoms. The smallest absolute Gasteiger partial charge is 0.240 e. The number of nitrogens with two attached hydrogens (primary N) is 1. The number of anilines is 1. The number of carbonyl (C=O) groups excluding carboxylic acids is 1. The first-order valence-electron chi connectivity index (χ1n) is 10.4. The lowest BCUT2D eigenvalue weighted by molar-refractivity contribution is -0.119. The van der Waals surface area contributed by atoms with Gasteiger partial charge in [-0.25, -0.2) is 15.4 Å². The summed E-state index contributed by atoms with van der Waals surface area (Å²) in [6.07, 6.45) is 9.50. The van der Waals surface area contributed by atoms with Crippen LogP contribution in [0, 0.1) is 37.0 Å². The number of amidine groups is 1. The van der Waals surface area contributed by atoms with Crippen molar-refractivity contribution in [3.63, 3.8) is 0 Å². The number of aliphatic imine (C=N–C) groups is 1. The van der Waals surface area contributed by atoms with Crippen molar-refractivity contribution in [1.82, 2.24) is 20.8 Å². The second-order valence-corrected chi connectivity index (χ2v) is 9.72. The van der Waals surface area contributed by atoms with Crippen molar-refractivity contribution in [1.29, 1.82) is 0 Å². The Hall–Kier alpha value is -2.70. The number of nitrogens with zero attached hydrogens (tertiary/aromatic N) is 4. The Morgan fingerprint density at radius 3 is 3.03 bits per heavy atom. The lowest BCUT2D eigenvalue weighted by atomic mass is 10.2. The predicted octanol–water partition coefficient (Wildman–Crippen LogP) is 1.87. The minimum absolute atomic E-state index is 0.311. The van der Waals surface area contributed by atoms with Gasteiger partial charge in [-0.1, -0.05) is 5.92 Å². The van der Waals surface area contributed by atoms with Gasteiger partial charge < -0.3 is 16.1 Å². The third-order valence-corrected chi connectivity index (χ3v) is 7.03. The van der Waals surface area contributed by atoms with Gasteiger partial charge >= 0.3 is 0 Å². The van der Waals surface area contributed by atoms with Crippen molar-refractivity contribution in [2.45, 2.75) is 38.6 Å². The number of aromatic nitrogens is 2. The highest BCUT2D eigenvalue weighted by Gasteiger charge is 2.55. The maximum Gasteiger partial charge on any atom is 0.240 e. The number of primary amides is 1. The molecule has 3 aliphatic rings. The van der Waals surface area contributed by atoms with Crippen LogP contribution in [0.15, 0.2) is 11.1 Å². The molecule has 8 nitrogen and oxygen atoms in total. The molecule has 2 aromatic heterocycles. The van der Waals surface area contributed by atoms with Crippen LogP contribution in [0.1, 0.15) is 30.6 Å². The van der Waals surface area contributed by atoms with Crippen molar-refractivity contribution in [2.75, 3.05) is 18.0 Å². The van der Waals surface area contributed by atoms with E-state index in [1.807, 2.05) is 17.9 Å². The number of aryl methyl sites for hydroxylation is 1. The highest BCUT2D eigenvalue weighted by molar-refractivity contribution is 7.19. The van der Waals surface area contributed by atoms with E-state index in [0.717, 1.165) is 40.5 Å². The van der Waals surface area contributed by atoms with Crippen LogP contribution in [0.4, 0.5) is 11.8 Å². The van der Waals surface area contributed by atoms with Gasteiger partial charge in [-0.15, -0.1) is 17.8 Å². The van der Waals surface area contributed by atoms with Crippen molar-refractivity contribution >= 4 is 45.1 Å². The molecule has 2 saturated carbocycles. The summed E-state index contributed by atoms with van der Waals surface area (Å²) >= 11 is 1.60. The number of piperidine rings is 1. The summed E-state index contributed by atoms with van der Waals surface area (Å²) in [7, 11) is 0. The zero-order valence-corrected chi connectivity index (χ0v) is 17.7. The van der Waals surface area contributed by atoms with Crippen molar-refractivity contribution in [3.8, 4) is 12.3 Å². The molecule has 2 aromatic rings. The van der Waals surface area contributed by atoms with Gasteiger partial charge in [-0.05, 0) is 50.0 Å². The van der Waals surface area contributed by atoms with Crippen LogP contribution in [0.3, 0.4) is 0 Å². The minimum atomic E-state index is -0.340. The zero-order valence-electron chi connectivity index (χ0n) is 16.9. The molecule has 1 saturated heterocycles. The molecule has 3 fully saturated rings. The summed E-state index contributed by atoms with van der Waals surface area (Å²) in [5.41, 5.74) is 12.9. The molecular formula is C21H25N7OS. The van der Waals surface area contributed by atoms with E-state index in [4.69, 9.17) is 27.1 Å². The molecule has 1 aliphatic heterocycles. The van der Waals surface area contributed by atoms with Crippen molar-refractivity contribution in [2.24, 2.45) is 28.5 Å². The molecule has 2 aliphatic carbocycles. The Morgan fingerprint density at radius 1 is 1.47 bits per heavy atom. The molecule has 156 valence electrons. The molecule has 5 rings (SSSR count). The van der Waals surface area contributed by atoms with E-state index in [0.29, 0.717) is 35.9 Å². The molecule has 3 atom stereocenters. The van der Waals surface area contributed by atoms with E-state index in [2.05, 4.69) is 16.8 Å². The number of hydrazine groups is 1. The Bertz CT molecular complexity index is 1070. The summed E-state index contributed by atoms with van der Waals surface area (Å²) in [6, 6.07) is 1.69. The molecule has 0 spiro atoms. The molecule has 9 heteroatoms. The number of terminal acetylenes is 1. The van der Waals surface area contributed by atoms with E-state index < -0.39 is 0 Å². The summed E-state index contributed by atoms with van der Waals surface area (Å²) in [4.78, 5) is 29.4. The Morgan fingerprint density at radius 2 is 2.30 bits per heavy atom. The molecule has 3 heterocycles. The van der Waals surface area contributed by atoms with E-state index >= 15 is 0 Å². The topological polar surface area (TPSA) is 109 Å². The van der Waals surface area contributed by atoms with Gasteiger partial charge in [0.05, 0.1) is 16.6 Å². The van der Waals surface area contributed by atoms with Crippen LogP contribution in [0.2, 0.25) is 0 Å². The Labute approximate surface area is 179 Å². The van der Waals surface area contributed by atoms with E-state index in [9.17, 15) is 4.79 Å². The SMILES string of the molecule is C#CCC(=Nc1nc(N2CC3CC3C2C(N)=O)nc2cc(C)sc12)NNCC1CC1. The highest BCUT2D eigenvalue weighted by atomic mass is 32.1. The molecule has 1 amide bonds. The molecule has 4 N–H and O–H groups in total. The van der Waals surface area contributed by atoms with Crippen LogP contribution in [-0.4, -0.2) is 40.8 Å². The monoisotopic (exact) mass is 423 g/mol. The molecule has 3 unspecified atom stereocenters. The standard InChI is InChI=1S/C21H25N7OS/c1-3-4-16(27-23-9-12-5-6-12)25-20-18-15(7-11(2)30-18)24-21(26-20)28-10-13-8-14(13)17(28)19(22)29/h1,7,12-14,17,23H,4-6,8-10H2,2H3,(H2,22,29)(H,24,25,26,27). The van der Waals surface area contributed by atoms with Gasteiger partial charge in [0.15, 0.2) is 5.82 Å². The summed E-state index contributed by atoms with van der Waals surface area (Å²) in [5.74, 6) is 5.63. The highest BCUT2D eigenvalue weighted by Crippen LogP contribution is 2.50. The second kappa shape index (κ2) is 7.52. The van der Waals surface area contributed by atoms with Gasteiger partial charge in [0.25, 0.3) is 0 Å². The largest absolute Gasteiger partial charge is 0.368 e. The normalized spacial score (nSPS) is 25.3.